The normalized spacial score (nSPS) is 35.8. The van der Waals surface area contributed by atoms with Gasteiger partial charge in [-0.3, -0.25) is 9.59 Å². The van der Waals surface area contributed by atoms with Gasteiger partial charge in [-0.25, -0.2) is 0 Å². The molecule has 198 valence electrons. The molecule has 0 aliphatic heterocycles. The van der Waals surface area contributed by atoms with Gasteiger partial charge in [0.1, 0.15) is 0 Å². The second-order valence-electron chi connectivity index (χ2n) is 12.3. The van der Waals surface area contributed by atoms with Gasteiger partial charge in [0.25, 0.3) is 0 Å². The Labute approximate surface area is 220 Å². The van der Waals surface area contributed by atoms with E-state index >= 15 is 0 Å². The van der Waals surface area contributed by atoms with E-state index in [9.17, 15) is 14.8 Å². The summed E-state index contributed by atoms with van der Waals surface area (Å²) in [7, 11) is 4.09. The van der Waals surface area contributed by atoms with Crippen LogP contribution in [0.2, 0.25) is 0 Å². The fourth-order valence-corrected chi connectivity index (χ4v) is 8.67. The van der Waals surface area contributed by atoms with Crippen molar-refractivity contribution in [2.75, 3.05) is 19.0 Å². The maximum atomic E-state index is 13.3. The molecule has 1 aromatic rings. The predicted molar refractivity (Wildman–Crippen MR) is 145 cm³/mol. The number of ketones is 1. The average Bonchev–Trinajstić information content (AvgIpc) is 3.16. The zero-order chi connectivity index (χ0) is 26.8. The van der Waals surface area contributed by atoms with Gasteiger partial charge in [-0.05, 0) is 98.1 Å². The second-order valence-corrected chi connectivity index (χ2v) is 12.3. The van der Waals surface area contributed by atoms with Gasteiger partial charge in [0.15, 0.2) is 11.4 Å². The minimum Gasteiger partial charge on any atom is -0.451 e. The number of carbonyl (C=O) groups is 2. The molecule has 0 saturated heterocycles. The van der Waals surface area contributed by atoms with Gasteiger partial charge < -0.3 is 14.8 Å². The van der Waals surface area contributed by atoms with Gasteiger partial charge in [0.05, 0.1) is 5.71 Å². The van der Waals surface area contributed by atoms with E-state index in [1.807, 2.05) is 14.1 Å². The summed E-state index contributed by atoms with van der Waals surface area (Å²) in [6.45, 7) is 7.64. The molecule has 2 saturated carbocycles. The van der Waals surface area contributed by atoms with E-state index in [4.69, 9.17) is 4.74 Å². The van der Waals surface area contributed by atoms with Crippen molar-refractivity contribution in [3.8, 4) is 0 Å². The lowest BCUT2D eigenvalue weighted by atomic mass is 9.45. The first-order valence-corrected chi connectivity index (χ1v) is 13.6. The molecule has 0 spiro atoms. The van der Waals surface area contributed by atoms with Crippen LogP contribution in [0.15, 0.2) is 52.2 Å². The lowest BCUT2D eigenvalue weighted by Crippen LogP contribution is -2.59. The molecule has 2 fully saturated rings. The van der Waals surface area contributed by atoms with Crippen molar-refractivity contribution >= 4 is 23.2 Å². The Kier molecular flexibility index (Phi) is 6.16. The summed E-state index contributed by atoms with van der Waals surface area (Å²) in [4.78, 5) is 27.8. The molecule has 37 heavy (non-hydrogen) atoms. The molecule has 4 aliphatic rings. The van der Waals surface area contributed by atoms with E-state index in [0.717, 1.165) is 49.9 Å². The molecule has 4 aliphatic carbocycles. The summed E-state index contributed by atoms with van der Waals surface area (Å²) in [5.74, 6) is -0.0686. The van der Waals surface area contributed by atoms with Gasteiger partial charge in [0.2, 0.25) is 0 Å². The maximum Gasteiger partial charge on any atom is 0.303 e. The quantitative estimate of drug-likeness (QED) is 0.300. The Morgan fingerprint density at radius 1 is 1.05 bits per heavy atom. The number of esters is 1. The van der Waals surface area contributed by atoms with Crippen LogP contribution in [0, 0.1) is 16.7 Å². The Morgan fingerprint density at radius 3 is 2.35 bits per heavy atom. The van der Waals surface area contributed by atoms with Crippen molar-refractivity contribution in [2.45, 2.75) is 84.2 Å². The van der Waals surface area contributed by atoms with E-state index in [0.29, 0.717) is 6.42 Å². The SMILES string of the molecule is CC(=O)O[C@]1(C(C)=O)CC[C@@H]2[C@]1(C)C[C@H](c1ccc(N(C)C)cc1)C1=C3CC/C(=N/O)C=C3CC[C@]12C. The Morgan fingerprint density at radius 2 is 1.76 bits per heavy atom. The molecule has 5 rings (SSSR count). The van der Waals surface area contributed by atoms with Gasteiger partial charge in [-0.2, -0.15) is 0 Å². The van der Waals surface area contributed by atoms with Crippen molar-refractivity contribution < 1.29 is 19.5 Å². The highest BCUT2D eigenvalue weighted by Crippen LogP contribution is 2.72. The minimum absolute atomic E-state index is 0.0352. The molecule has 0 amide bonds. The Bertz CT molecular complexity index is 1230. The number of anilines is 1. The molecular formula is C31H40N2O4. The van der Waals surface area contributed by atoms with Gasteiger partial charge in [-0.15, -0.1) is 0 Å². The highest BCUT2D eigenvalue weighted by atomic mass is 16.6. The van der Waals surface area contributed by atoms with E-state index in [2.05, 4.69) is 54.2 Å². The van der Waals surface area contributed by atoms with Crippen molar-refractivity contribution in [1.29, 1.82) is 0 Å². The number of benzene rings is 1. The van der Waals surface area contributed by atoms with Gasteiger partial charge in [0, 0.05) is 38.0 Å². The molecule has 6 nitrogen and oxygen atoms in total. The predicted octanol–water partition coefficient (Wildman–Crippen LogP) is 6.19. The highest BCUT2D eigenvalue weighted by Gasteiger charge is 2.70. The molecule has 0 radical (unpaired) electrons. The Balaban J connectivity index is 1.73. The maximum absolute atomic E-state index is 13.3. The van der Waals surface area contributed by atoms with Crippen LogP contribution >= 0.6 is 0 Å². The minimum atomic E-state index is -1.09. The highest BCUT2D eigenvalue weighted by molar-refractivity contribution is 5.97. The molecule has 6 heteroatoms. The number of oxime groups is 1. The molecule has 0 aromatic heterocycles. The van der Waals surface area contributed by atoms with Gasteiger partial charge in [-0.1, -0.05) is 36.7 Å². The van der Waals surface area contributed by atoms with E-state index in [1.54, 1.807) is 6.92 Å². The smallest absolute Gasteiger partial charge is 0.303 e. The van der Waals surface area contributed by atoms with Crippen LogP contribution in [0.5, 0.6) is 0 Å². The standard InChI is InChI=1S/C31H40N2O4/c1-19(34)31(37-20(2)35)16-14-27-29(3)15-13-22-17-23(32-36)9-12-25(22)28(29)26(18-30(27,31)4)21-7-10-24(11-8-21)33(5)6/h7-8,10-11,17,26-27,36H,9,12-16,18H2,1-6H3/b32-23-/t26-,27+,29+,30+,31+/m1/s1. The number of hydrogen-bond donors (Lipinski definition) is 1. The van der Waals surface area contributed by atoms with Crippen molar-refractivity contribution in [3.05, 3.63) is 52.6 Å². The number of hydrogen-bond acceptors (Lipinski definition) is 6. The molecule has 0 unspecified atom stereocenters. The molecule has 1 aromatic carbocycles. The number of Topliss-reactive ketones (excluding diaryl/α,β-unsaturated/α-hetero) is 1. The summed E-state index contributed by atoms with van der Waals surface area (Å²) in [6.07, 6.45) is 7.78. The van der Waals surface area contributed by atoms with Crippen LogP contribution in [0.4, 0.5) is 5.69 Å². The summed E-state index contributed by atoms with van der Waals surface area (Å²) in [5, 5.41) is 13.0. The van der Waals surface area contributed by atoms with Crippen molar-refractivity contribution in [1.82, 2.24) is 0 Å². The molecule has 5 atom stereocenters. The first-order chi connectivity index (χ1) is 17.5. The molecule has 1 N–H and O–H groups in total. The number of rotatable bonds is 4. The number of allylic oxidation sites excluding steroid dienone is 4. The van der Waals surface area contributed by atoms with Crippen LogP contribution < -0.4 is 4.90 Å². The third-order valence-electron chi connectivity index (χ3n) is 10.3. The number of carbonyl (C=O) groups excluding carboxylic acids is 2. The van der Waals surface area contributed by atoms with Crippen LogP contribution in [-0.4, -0.2) is 42.4 Å². The second kappa shape index (κ2) is 8.85. The van der Waals surface area contributed by atoms with E-state index in [1.165, 1.54) is 29.2 Å². The molecule has 0 heterocycles. The first-order valence-electron chi connectivity index (χ1n) is 13.6. The number of nitrogens with zero attached hydrogens (tertiary/aromatic N) is 2. The van der Waals surface area contributed by atoms with Crippen molar-refractivity contribution in [2.24, 2.45) is 21.9 Å². The zero-order valence-electron chi connectivity index (χ0n) is 23.1. The van der Waals surface area contributed by atoms with Crippen molar-refractivity contribution in [3.63, 3.8) is 0 Å². The first kappa shape index (κ1) is 25.7. The van der Waals surface area contributed by atoms with Crippen LogP contribution in [0.1, 0.15) is 84.1 Å². The zero-order valence-corrected chi connectivity index (χ0v) is 23.1. The van der Waals surface area contributed by atoms with E-state index in [-0.39, 0.29) is 29.0 Å². The summed E-state index contributed by atoms with van der Waals surface area (Å²) in [6, 6.07) is 8.80. The number of fused-ring (bicyclic) bond motifs is 4. The van der Waals surface area contributed by atoms with Crippen LogP contribution in [0.25, 0.3) is 0 Å². The third kappa shape index (κ3) is 3.70. The fraction of sp³-hybridized carbons (Fsp3) is 0.581. The summed E-state index contributed by atoms with van der Waals surface area (Å²) >= 11 is 0. The summed E-state index contributed by atoms with van der Waals surface area (Å²) < 4.78 is 6.06. The van der Waals surface area contributed by atoms with E-state index < -0.39 is 11.0 Å². The molecular weight excluding hydrogens is 464 g/mol. The lowest BCUT2D eigenvalue weighted by Gasteiger charge is -2.59. The average molecular weight is 505 g/mol. The fourth-order valence-electron chi connectivity index (χ4n) is 8.67. The van der Waals surface area contributed by atoms with Gasteiger partial charge >= 0.3 is 5.97 Å². The third-order valence-corrected chi connectivity index (χ3v) is 10.3. The lowest BCUT2D eigenvalue weighted by molar-refractivity contribution is -0.184. The summed E-state index contributed by atoms with van der Waals surface area (Å²) in [5.41, 5.74) is 5.66. The monoisotopic (exact) mass is 504 g/mol. The number of ether oxygens (including phenoxy) is 1. The Hall–Kier alpha value is -2.89. The van der Waals surface area contributed by atoms with Crippen LogP contribution in [-0.2, 0) is 14.3 Å². The molecule has 0 bridgehead atoms. The topological polar surface area (TPSA) is 79.2 Å². The largest absolute Gasteiger partial charge is 0.451 e. The van der Waals surface area contributed by atoms with Crippen LogP contribution in [0.3, 0.4) is 0 Å².